The molecule has 11 nitrogen and oxygen atoms in total. The van der Waals surface area contributed by atoms with Crippen LogP contribution < -0.4 is 0 Å². The van der Waals surface area contributed by atoms with Crippen LogP contribution in [0.3, 0.4) is 0 Å². The lowest BCUT2D eigenvalue weighted by molar-refractivity contribution is -0.161. The summed E-state index contributed by atoms with van der Waals surface area (Å²) in [7, 11) is -4.65. The maximum absolute atomic E-state index is 12.7. The number of hydrogen-bond acceptors (Lipinski definition) is 10. The van der Waals surface area contributed by atoms with Crippen LogP contribution in [0.1, 0.15) is 207 Å². The Bertz CT molecular complexity index is 1200. The Kier molecular flexibility index (Phi) is 42.6. The van der Waals surface area contributed by atoms with E-state index in [1.165, 1.54) is 116 Å². The molecule has 362 valence electrons. The minimum atomic E-state index is -4.65. The molecule has 0 saturated heterocycles. The summed E-state index contributed by atoms with van der Waals surface area (Å²) in [6.45, 7) is 4.57. The summed E-state index contributed by atoms with van der Waals surface area (Å²) in [5.74, 6) is -0.190. The number of esters is 2. The molecule has 0 aromatic rings. The molecule has 0 heterocycles. The van der Waals surface area contributed by atoms with E-state index in [-0.39, 0.29) is 19.4 Å². The number of carbonyl (C=O) groups excluding carboxylic acids is 2. The molecular weight excluding hydrogens is 808 g/mol. The summed E-state index contributed by atoms with van der Waals surface area (Å²) in [6, 6.07) is 0. The highest BCUT2D eigenvalue weighted by molar-refractivity contribution is 7.47. The zero-order chi connectivity index (χ0) is 45.8. The maximum Gasteiger partial charge on any atom is 0.472 e. The van der Waals surface area contributed by atoms with Gasteiger partial charge in [-0.2, -0.15) is 0 Å². The minimum absolute atomic E-state index is 0.132. The fraction of sp³-hybridized carbons (Fsp3) is 0.800. The molecule has 62 heavy (non-hydrogen) atoms. The number of phosphoric acid groups is 1. The number of carbonyl (C=O) groups is 2. The van der Waals surface area contributed by atoms with E-state index in [0.29, 0.717) is 32.1 Å². The first-order valence-electron chi connectivity index (χ1n) is 24.6. The van der Waals surface area contributed by atoms with Crippen molar-refractivity contribution in [1.29, 1.82) is 0 Å². The smallest absolute Gasteiger partial charge is 0.462 e. The molecule has 0 rings (SSSR count). The minimum Gasteiger partial charge on any atom is -0.462 e. The average molecular weight is 899 g/mol. The highest BCUT2D eigenvalue weighted by Gasteiger charge is 2.27. The molecule has 0 aliphatic carbocycles. The van der Waals surface area contributed by atoms with Gasteiger partial charge in [-0.05, 0) is 50.9 Å². The second-order valence-electron chi connectivity index (χ2n) is 17.2. The molecule has 0 bridgehead atoms. The normalized spacial score (nSPS) is 14.7. The van der Waals surface area contributed by atoms with Crippen molar-refractivity contribution in [2.45, 2.75) is 225 Å². The molecule has 0 aromatic carbocycles. The van der Waals surface area contributed by atoms with Crippen molar-refractivity contribution >= 4 is 19.8 Å². The SMILES string of the molecule is CCCCC/C=C\C=C/[C@@H](O)C/C=C\C/C=C/CCCC(=O)OC[C@H](COP(=O)(O)OC[C@@H](O)CO)OC(=O)CCCCCCCCCCCCCCCCCCCCC(C)C. The zero-order valence-corrected chi connectivity index (χ0v) is 40.3. The van der Waals surface area contributed by atoms with E-state index in [0.717, 1.165) is 31.6 Å². The van der Waals surface area contributed by atoms with E-state index in [9.17, 15) is 29.3 Å². The van der Waals surface area contributed by atoms with E-state index in [2.05, 4.69) is 26.8 Å². The molecule has 0 spiro atoms. The summed E-state index contributed by atoms with van der Waals surface area (Å²) in [5, 5.41) is 28.4. The summed E-state index contributed by atoms with van der Waals surface area (Å²) < 4.78 is 32.7. The van der Waals surface area contributed by atoms with Gasteiger partial charge in [0.1, 0.15) is 12.7 Å². The first-order chi connectivity index (χ1) is 30.0. The first kappa shape index (κ1) is 59.9. The van der Waals surface area contributed by atoms with Crippen molar-refractivity contribution < 1.29 is 52.9 Å². The van der Waals surface area contributed by atoms with Crippen molar-refractivity contribution in [3.8, 4) is 0 Å². The quantitative estimate of drug-likeness (QED) is 0.0151. The summed E-state index contributed by atoms with van der Waals surface area (Å²) in [6.07, 6.45) is 44.0. The molecule has 12 heteroatoms. The monoisotopic (exact) mass is 899 g/mol. The number of rotatable bonds is 45. The molecule has 0 saturated carbocycles. The van der Waals surface area contributed by atoms with E-state index in [4.69, 9.17) is 23.6 Å². The van der Waals surface area contributed by atoms with Gasteiger partial charge in [-0.25, -0.2) is 4.57 Å². The number of hydrogen-bond donors (Lipinski definition) is 4. The number of aliphatic hydroxyl groups is 3. The Balaban J connectivity index is 4.31. The Hall–Kier alpha value is -2.11. The van der Waals surface area contributed by atoms with Crippen molar-refractivity contribution in [2.75, 3.05) is 26.4 Å². The van der Waals surface area contributed by atoms with Crippen LogP contribution in [-0.2, 0) is 32.7 Å². The Morgan fingerprint density at radius 3 is 1.71 bits per heavy atom. The fourth-order valence-electron chi connectivity index (χ4n) is 6.66. The number of aliphatic hydroxyl groups excluding tert-OH is 3. The third-order valence-corrected chi connectivity index (χ3v) is 11.4. The van der Waals surface area contributed by atoms with Gasteiger partial charge in [0, 0.05) is 12.8 Å². The van der Waals surface area contributed by atoms with Gasteiger partial charge < -0.3 is 29.7 Å². The molecule has 0 amide bonds. The van der Waals surface area contributed by atoms with Gasteiger partial charge in [-0.3, -0.25) is 18.6 Å². The summed E-state index contributed by atoms with van der Waals surface area (Å²) in [4.78, 5) is 35.1. The fourth-order valence-corrected chi connectivity index (χ4v) is 7.45. The van der Waals surface area contributed by atoms with Gasteiger partial charge in [-0.15, -0.1) is 0 Å². The van der Waals surface area contributed by atoms with Crippen LogP contribution in [0.25, 0.3) is 0 Å². The van der Waals surface area contributed by atoms with Crippen molar-refractivity contribution in [3.05, 3.63) is 48.6 Å². The lowest BCUT2D eigenvalue weighted by Gasteiger charge is -2.20. The Morgan fingerprint density at radius 2 is 1.13 bits per heavy atom. The molecule has 0 radical (unpaired) electrons. The average Bonchev–Trinajstić information content (AvgIpc) is 3.24. The lowest BCUT2D eigenvalue weighted by Crippen LogP contribution is -2.29. The van der Waals surface area contributed by atoms with Gasteiger partial charge >= 0.3 is 19.8 Å². The molecule has 0 aromatic heterocycles. The largest absolute Gasteiger partial charge is 0.472 e. The number of unbranched alkanes of at least 4 members (excludes halogenated alkanes) is 21. The Morgan fingerprint density at radius 1 is 0.597 bits per heavy atom. The van der Waals surface area contributed by atoms with Crippen molar-refractivity contribution in [3.63, 3.8) is 0 Å². The van der Waals surface area contributed by atoms with Crippen LogP contribution in [0.15, 0.2) is 48.6 Å². The van der Waals surface area contributed by atoms with Gasteiger partial charge in [0.15, 0.2) is 6.10 Å². The van der Waals surface area contributed by atoms with Gasteiger partial charge in [0.2, 0.25) is 0 Å². The highest BCUT2D eigenvalue weighted by Crippen LogP contribution is 2.43. The molecule has 0 aliphatic heterocycles. The number of ether oxygens (including phenoxy) is 2. The molecule has 4 N–H and O–H groups in total. The predicted octanol–water partition coefficient (Wildman–Crippen LogP) is 12.5. The van der Waals surface area contributed by atoms with Gasteiger partial charge in [0.05, 0.1) is 25.9 Å². The molecular formula is C50H91O11P. The van der Waals surface area contributed by atoms with Crippen molar-refractivity contribution in [1.82, 2.24) is 0 Å². The van der Waals surface area contributed by atoms with Crippen LogP contribution >= 0.6 is 7.82 Å². The van der Waals surface area contributed by atoms with Crippen LogP contribution in [0.4, 0.5) is 0 Å². The van der Waals surface area contributed by atoms with Crippen molar-refractivity contribution in [2.24, 2.45) is 5.92 Å². The second kappa shape index (κ2) is 44.1. The third-order valence-electron chi connectivity index (χ3n) is 10.5. The van der Waals surface area contributed by atoms with E-state index < -0.39 is 57.9 Å². The summed E-state index contributed by atoms with van der Waals surface area (Å²) in [5.41, 5.74) is 0. The van der Waals surface area contributed by atoms with Gasteiger partial charge in [-0.1, -0.05) is 198 Å². The van der Waals surface area contributed by atoms with Crippen LogP contribution in [0.5, 0.6) is 0 Å². The molecule has 0 fully saturated rings. The van der Waals surface area contributed by atoms with E-state index >= 15 is 0 Å². The molecule has 1 unspecified atom stereocenters. The van der Waals surface area contributed by atoms with Crippen LogP contribution in [0, 0.1) is 5.92 Å². The topological polar surface area (TPSA) is 169 Å². The summed E-state index contributed by atoms with van der Waals surface area (Å²) >= 11 is 0. The molecule has 0 aliphatic rings. The van der Waals surface area contributed by atoms with Gasteiger partial charge in [0.25, 0.3) is 0 Å². The predicted molar refractivity (Wildman–Crippen MR) is 253 cm³/mol. The number of phosphoric ester groups is 1. The van der Waals surface area contributed by atoms with E-state index in [1.807, 2.05) is 36.5 Å². The zero-order valence-electron chi connectivity index (χ0n) is 39.4. The number of allylic oxidation sites excluding steroid dienone is 6. The Labute approximate surface area is 377 Å². The first-order valence-corrected chi connectivity index (χ1v) is 26.1. The maximum atomic E-state index is 12.7. The van der Waals surface area contributed by atoms with Crippen LogP contribution in [-0.4, -0.2) is 76.9 Å². The highest BCUT2D eigenvalue weighted by atomic mass is 31.2. The molecule has 4 atom stereocenters. The van der Waals surface area contributed by atoms with Crippen LogP contribution in [0.2, 0.25) is 0 Å². The standard InChI is InChI=1S/C50H91O11P/c1-4-5-6-7-21-27-32-37-46(52)38-33-28-23-20-25-29-34-39-49(54)58-43-48(44-60-62(56,57)59-42-47(53)41-51)61-50(55)40-35-30-24-19-17-15-13-11-9-8-10-12-14-16-18-22-26-31-36-45(2)3/h20-21,25,27-28,32-33,37,45-48,51-53H,4-19,22-24,26,29-31,34-36,38-44H2,1-3H3,(H,56,57)/b25-20+,27-21-,33-28-,37-32-/t46-,47+,48-/m1/s1. The third kappa shape index (κ3) is 44.5. The van der Waals surface area contributed by atoms with E-state index in [1.54, 1.807) is 6.08 Å². The second-order valence-corrected chi connectivity index (χ2v) is 18.6. The lowest BCUT2D eigenvalue weighted by atomic mass is 10.0.